The third-order valence-corrected chi connectivity index (χ3v) is 4.08. The first-order chi connectivity index (χ1) is 7.83. The van der Waals surface area contributed by atoms with Crippen LogP contribution in [0.2, 0.25) is 0 Å². The van der Waals surface area contributed by atoms with Gasteiger partial charge in [-0.05, 0) is 47.2 Å². The van der Waals surface area contributed by atoms with Crippen LogP contribution < -0.4 is 5.32 Å². The highest BCUT2D eigenvalue weighted by atomic mass is 127. The molecule has 1 heterocycles. The quantitative estimate of drug-likeness (QED) is 0.857. The lowest BCUT2D eigenvalue weighted by Crippen LogP contribution is -2.29. The molecule has 3 heteroatoms. The summed E-state index contributed by atoms with van der Waals surface area (Å²) in [6, 6.07) is 9.07. The summed E-state index contributed by atoms with van der Waals surface area (Å²) in [6.45, 7) is 4.98. The van der Waals surface area contributed by atoms with Crippen molar-refractivity contribution in [2.45, 2.75) is 19.4 Å². The monoisotopic (exact) mass is 331 g/mol. The summed E-state index contributed by atoms with van der Waals surface area (Å²) in [6.07, 6.45) is 1.17. The van der Waals surface area contributed by atoms with Gasteiger partial charge in [0.05, 0.1) is 6.61 Å². The molecule has 1 N–H and O–H groups in total. The van der Waals surface area contributed by atoms with E-state index in [1.54, 1.807) is 0 Å². The number of hydrogen-bond donors (Lipinski definition) is 1. The Morgan fingerprint density at radius 2 is 2.31 bits per heavy atom. The zero-order valence-corrected chi connectivity index (χ0v) is 11.7. The van der Waals surface area contributed by atoms with Crippen LogP contribution in [-0.4, -0.2) is 19.8 Å². The van der Waals surface area contributed by atoms with Crippen molar-refractivity contribution in [3.8, 4) is 0 Å². The van der Waals surface area contributed by atoms with E-state index in [0.717, 1.165) is 19.8 Å². The van der Waals surface area contributed by atoms with Gasteiger partial charge in [0.1, 0.15) is 0 Å². The van der Waals surface area contributed by atoms with Crippen LogP contribution in [0.1, 0.15) is 24.9 Å². The van der Waals surface area contributed by atoms with Crippen LogP contribution in [0.4, 0.5) is 0 Å². The van der Waals surface area contributed by atoms with Crippen molar-refractivity contribution in [2.75, 3.05) is 19.8 Å². The molecule has 1 fully saturated rings. The molecule has 1 aliphatic rings. The third kappa shape index (κ3) is 2.76. The predicted molar refractivity (Wildman–Crippen MR) is 74.5 cm³/mol. The predicted octanol–water partition coefficient (Wildman–Crippen LogP) is 2.98. The van der Waals surface area contributed by atoms with Crippen molar-refractivity contribution in [2.24, 2.45) is 5.92 Å². The fourth-order valence-electron chi connectivity index (χ4n) is 2.29. The van der Waals surface area contributed by atoms with Crippen LogP contribution in [-0.2, 0) is 4.74 Å². The lowest BCUT2D eigenvalue weighted by molar-refractivity contribution is 0.177. The molecule has 16 heavy (non-hydrogen) atoms. The maximum Gasteiger partial charge on any atom is 0.0513 e. The van der Waals surface area contributed by atoms with Gasteiger partial charge >= 0.3 is 0 Å². The molecule has 88 valence electrons. The summed E-state index contributed by atoms with van der Waals surface area (Å²) >= 11 is 2.42. The zero-order chi connectivity index (χ0) is 11.4. The summed E-state index contributed by atoms with van der Waals surface area (Å²) in [4.78, 5) is 0. The topological polar surface area (TPSA) is 21.3 Å². The molecule has 1 aromatic rings. The molecule has 0 aliphatic carbocycles. The average molecular weight is 331 g/mol. The Morgan fingerprint density at radius 1 is 1.50 bits per heavy atom. The number of nitrogens with one attached hydrogen (secondary N) is 1. The first kappa shape index (κ1) is 12.3. The largest absolute Gasteiger partial charge is 0.381 e. The number of hydrogen-bond acceptors (Lipinski definition) is 2. The van der Waals surface area contributed by atoms with Crippen LogP contribution in [0.3, 0.4) is 0 Å². The molecule has 0 spiro atoms. The van der Waals surface area contributed by atoms with Crippen LogP contribution in [0.25, 0.3) is 0 Å². The molecule has 1 saturated heterocycles. The maximum absolute atomic E-state index is 5.50. The van der Waals surface area contributed by atoms with E-state index in [9.17, 15) is 0 Å². The van der Waals surface area contributed by atoms with Gasteiger partial charge in [-0.2, -0.15) is 0 Å². The van der Waals surface area contributed by atoms with Gasteiger partial charge in [0.25, 0.3) is 0 Å². The lowest BCUT2D eigenvalue weighted by atomic mass is 9.92. The molecule has 0 amide bonds. The van der Waals surface area contributed by atoms with E-state index >= 15 is 0 Å². The smallest absolute Gasteiger partial charge is 0.0513 e. The normalized spacial score (nSPS) is 22.2. The molecule has 0 aromatic heterocycles. The van der Waals surface area contributed by atoms with Crippen LogP contribution in [0.15, 0.2) is 24.3 Å². The highest BCUT2D eigenvalue weighted by Gasteiger charge is 2.27. The zero-order valence-electron chi connectivity index (χ0n) is 9.58. The number of halogens is 1. The van der Waals surface area contributed by atoms with Crippen LogP contribution in [0, 0.1) is 9.49 Å². The summed E-state index contributed by atoms with van der Waals surface area (Å²) in [7, 11) is 0. The van der Waals surface area contributed by atoms with E-state index < -0.39 is 0 Å². The van der Waals surface area contributed by atoms with Crippen molar-refractivity contribution in [3.63, 3.8) is 0 Å². The van der Waals surface area contributed by atoms with Crippen molar-refractivity contribution in [3.05, 3.63) is 33.4 Å². The molecule has 2 rings (SSSR count). The second-order valence-corrected chi connectivity index (χ2v) is 5.34. The SMILES string of the molecule is CCNC(c1ccccc1I)C1CCOC1. The van der Waals surface area contributed by atoms with Crippen LogP contribution in [0.5, 0.6) is 0 Å². The molecule has 2 unspecified atom stereocenters. The average Bonchev–Trinajstić information content (AvgIpc) is 2.80. The minimum absolute atomic E-state index is 0.445. The van der Waals surface area contributed by atoms with Gasteiger partial charge < -0.3 is 10.1 Å². The molecule has 0 bridgehead atoms. The second kappa shape index (κ2) is 5.98. The molecular weight excluding hydrogens is 313 g/mol. The number of ether oxygens (including phenoxy) is 1. The summed E-state index contributed by atoms with van der Waals surface area (Å²) < 4.78 is 6.85. The van der Waals surface area contributed by atoms with Crippen LogP contribution >= 0.6 is 22.6 Å². The first-order valence-electron chi connectivity index (χ1n) is 5.88. The minimum atomic E-state index is 0.445. The van der Waals surface area contributed by atoms with E-state index in [0.29, 0.717) is 12.0 Å². The fourth-order valence-corrected chi connectivity index (χ4v) is 3.02. The number of rotatable bonds is 4. The van der Waals surface area contributed by atoms with E-state index in [4.69, 9.17) is 4.74 Å². The molecular formula is C13H18INO. The Kier molecular flexibility index (Phi) is 4.61. The highest BCUT2D eigenvalue weighted by Crippen LogP contribution is 2.31. The Balaban J connectivity index is 2.21. The molecule has 2 atom stereocenters. The summed E-state index contributed by atoms with van der Waals surface area (Å²) in [5, 5.41) is 3.60. The van der Waals surface area contributed by atoms with E-state index in [-0.39, 0.29) is 0 Å². The standard InChI is InChI=1S/C13H18INO/c1-2-15-13(10-7-8-16-9-10)11-5-3-4-6-12(11)14/h3-6,10,13,15H,2,7-9H2,1H3. The summed E-state index contributed by atoms with van der Waals surface area (Å²) in [5.41, 5.74) is 1.42. The highest BCUT2D eigenvalue weighted by molar-refractivity contribution is 14.1. The molecule has 0 radical (unpaired) electrons. The van der Waals surface area contributed by atoms with Crippen molar-refractivity contribution in [1.82, 2.24) is 5.32 Å². The number of benzene rings is 1. The van der Waals surface area contributed by atoms with Gasteiger partial charge in [-0.1, -0.05) is 25.1 Å². The first-order valence-corrected chi connectivity index (χ1v) is 6.96. The lowest BCUT2D eigenvalue weighted by Gasteiger charge is -2.24. The minimum Gasteiger partial charge on any atom is -0.381 e. The van der Waals surface area contributed by atoms with Gasteiger partial charge in [0.15, 0.2) is 0 Å². The molecule has 2 nitrogen and oxygen atoms in total. The van der Waals surface area contributed by atoms with E-state index in [2.05, 4.69) is 59.1 Å². The Labute approximate surface area is 111 Å². The Bertz CT molecular complexity index is 336. The fraction of sp³-hybridized carbons (Fsp3) is 0.538. The van der Waals surface area contributed by atoms with E-state index in [1.165, 1.54) is 15.6 Å². The Morgan fingerprint density at radius 3 is 2.94 bits per heavy atom. The van der Waals surface area contributed by atoms with E-state index in [1.807, 2.05) is 0 Å². The van der Waals surface area contributed by atoms with Gasteiger partial charge in [0, 0.05) is 22.1 Å². The van der Waals surface area contributed by atoms with Crippen molar-refractivity contribution < 1.29 is 4.74 Å². The molecule has 1 aromatic carbocycles. The van der Waals surface area contributed by atoms with Gasteiger partial charge in [0.2, 0.25) is 0 Å². The van der Waals surface area contributed by atoms with Crippen molar-refractivity contribution in [1.29, 1.82) is 0 Å². The van der Waals surface area contributed by atoms with Gasteiger partial charge in [-0.3, -0.25) is 0 Å². The van der Waals surface area contributed by atoms with Crippen molar-refractivity contribution >= 4 is 22.6 Å². The maximum atomic E-state index is 5.50. The van der Waals surface area contributed by atoms with Gasteiger partial charge in [-0.25, -0.2) is 0 Å². The molecule has 0 saturated carbocycles. The van der Waals surface area contributed by atoms with Gasteiger partial charge in [-0.15, -0.1) is 0 Å². The third-order valence-electron chi connectivity index (χ3n) is 3.10. The summed E-state index contributed by atoms with van der Waals surface area (Å²) in [5.74, 6) is 0.621. The second-order valence-electron chi connectivity index (χ2n) is 4.18. The Hall–Kier alpha value is -0.130. The molecule has 1 aliphatic heterocycles.